The van der Waals surface area contributed by atoms with Crippen molar-refractivity contribution in [2.24, 2.45) is 5.10 Å². The third kappa shape index (κ3) is 4.81. The molecular formula is C18H21N3O3. The van der Waals surface area contributed by atoms with Gasteiger partial charge in [-0.3, -0.25) is 9.59 Å². The molecule has 0 unspecified atom stereocenters. The monoisotopic (exact) mass is 327 g/mol. The zero-order chi connectivity index (χ0) is 17.5. The molecule has 0 bridgehead atoms. The molecule has 6 heteroatoms. The predicted molar refractivity (Wildman–Crippen MR) is 91.9 cm³/mol. The van der Waals surface area contributed by atoms with Crippen LogP contribution in [-0.2, 0) is 4.79 Å². The minimum Gasteiger partial charge on any atom is -0.459 e. The highest BCUT2D eigenvalue weighted by Gasteiger charge is 2.10. The summed E-state index contributed by atoms with van der Waals surface area (Å²) in [4.78, 5) is 23.4. The average molecular weight is 327 g/mol. The first kappa shape index (κ1) is 17.5. The normalized spacial score (nSPS) is 11.4. The molecule has 1 aromatic heterocycles. The third-order valence-corrected chi connectivity index (χ3v) is 3.50. The van der Waals surface area contributed by atoms with Crippen molar-refractivity contribution in [2.45, 2.75) is 26.7 Å². The van der Waals surface area contributed by atoms with Gasteiger partial charge >= 0.3 is 0 Å². The van der Waals surface area contributed by atoms with Crippen molar-refractivity contribution in [1.82, 2.24) is 10.7 Å². The van der Waals surface area contributed by atoms with Crippen LogP contribution in [0.4, 0.5) is 0 Å². The second-order valence-corrected chi connectivity index (χ2v) is 5.67. The van der Waals surface area contributed by atoms with E-state index in [0.717, 1.165) is 5.56 Å². The Hall–Kier alpha value is -2.89. The fraction of sp³-hybridized carbons (Fsp3) is 0.278. The van der Waals surface area contributed by atoms with Gasteiger partial charge in [0.2, 0.25) is 0 Å². The average Bonchev–Trinajstić information content (AvgIpc) is 3.12. The van der Waals surface area contributed by atoms with Crippen LogP contribution in [0.15, 0.2) is 52.2 Å². The molecule has 2 aromatic rings. The van der Waals surface area contributed by atoms with Crippen LogP contribution in [0.3, 0.4) is 0 Å². The van der Waals surface area contributed by atoms with Crippen LogP contribution in [0.1, 0.15) is 48.4 Å². The van der Waals surface area contributed by atoms with E-state index in [-0.39, 0.29) is 12.3 Å². The SMILES string of the molecule is CC(=NNC(=O)CNC(=O)c1ccco1)c1ccc(C(C)C)cc1. The molecule has 0 aliphatic heterocycles. The lowest BCUT2D eigenvalue weighted by molar-refractivity contribution is -0.120. The fourth-order valence-corrected chi connectivity index (χ4v) is 2.01. The summed E-state index contributed by atoms with van der Waals surface area (Å²) in [6.07, 6.45) is 1.40. The van der Waals surface area contributed by atoms with Crippen LogP contribution in [0.25, 0.3) is 0 Å². The minimum atomic E-state index is -0.444. The number of carbonyl (C=O) groups is 2. The molecule has 0 aliphatic rings. The lowest BCUT2D eigenvalue weighted by atomic mass is 10.0. The number of hydrazone groups is 1. The number of amides is 2. The van der Waals surface area contributed by atoms with E-state index in [1.54, 1.807) is 6.07 Å². The molecule has 1 heterocycles. The van der Waals surface area contributed by atoms with E-state index < -0.39 is 11.8 Å². The zero-order valence-electron chi connectivity index (χ0n) is 14.0. The highest BCUT2D eigenvalue weighted by atomic mass is 16.3. The Balaban J connectivity index is 1.85. The van der Waals surface area contributed by atoms with Gasteiger partial charge in [0.1, 0.15) is 0 Å². The van der Waals surface area contributed by atoms with Crippen LogP contribution in [0.2, 0.25) is 0 Å². The number of nitrogens with zero attached hydrogens (tertiary/aromatic N) is 1. The summed E-state index contributed by atoms with van der Waals surface area (Å²) in [6.45, 7) is 5.90. The quantitative estimate of drug-likeness (QED) is 0.632. The molecule has 2 N–H and O–H groups in total. The van der Waals surface area contributed by atoms with Gasteiger partial charge in [0.15, 0.2) is 5.76 Å². The summed E-state index contributed by atoms with van der Waals surface area (Å²) in [7, 11) is 0. The maximum absolute atomic E-state index is 11.7. The Kier molecular flexibility index (Phi) is 5.89. The minimum absolute atomic E-state index is 0.160. The largest absolute Gasteiger partial charge is 0.459 e. The van der Waals surface area contributed by atoms with Crippen molar-refractivity contribution < 1.29 is 14.0 Å². The van der Waals surface area contributed by atoms with Gasteiger partial charge in [-0.25, -0.2) is 5.43 Å². The van der Waals surface area contributed by atoms with Crippen molar-refractivity contribution in [1.29, 1.82) is 0 Å². The van der Waals surface area contributed by atoms with Crippen LogP contribution < -0.4 is 10.7 Å². The summed E-state index contributed by atoms with van der Waals surface area (Å²) in [5, 5.41) is 6.51. The maximum Gasteiger partial charge on any atom is 0.287 e. The molecule has 2 rings (SSSR count). The third-order valence-electron chi connectivity index (χ3n) is 3.50. The van der Waals surface area contributed by atoms with Crippen LogP contribution in [-0.4, -0.2) is 24.1 Å². The molecule has 0 saturated carbocycles. The van der Waals surface area contributed by atoms with E-state index in [1.165, 1.54) is 17.9 Å². The van der Waals surface area contributed by atoms with Gasteiger partial charge in [-0.1, -0.05) is 38.1 Å². The van der Waals surface area contributed by atoms with Crippen molar-refractivity contribution in [3.8, 4) is 0 Å². The Morgan fingerprint density at radius 3 is 2.46 bits per heavy atom. The summed E-state index contributed by atoms with van der Waals surface area (Å²) in [6, 6.07) is 11.2. The molecule has 1 aromatic carbocycles. The van der Waals surface area contributed by atoms with Crippen LogP contribution >= 0.6 is 0 Å². The Labute approximate surface area is 140 Å². The number of hydrogen-bond acceptors (Lipinski definition) is 4. The zero-order valence-corrected chi connectivity index (χ0v) is 14.0. The van der Waals surface area contributed by atoms with Crippen molar-refractivity contribution in [3.05, 3.63) is 59.5 Å². The van der Waals surface area contributed by atoms with Crippen molar-refractivity contribution in [3.63, 3.8) is 0 Å². The molecule has 126 valence electrons. The second-order valence-electron chi connectivity index (χ2n) is 5.67. The fourth-order valence-electron chi connectivity index (χ4n) is 2.01. The van der Waals surface area contributed by atoms with E-state index >= 15 is 0 Å². The van der Waals surface area contributed by atoms with E-state index in [1.807, 2.05) is 31.2 Å². The molecule has 0 spiro atoms. The number of carbonyl (C=O) groups excluding carboxylic acids is 2. The van der Waals surface area contributed by atoms with Gasteiger partial charge in [0.05, 0.1) is 18.5 Å². The highest BCUT2D eigenvalue weighted by molar-refractivity contribution is 5.99. The molecule has 0 aliphatic carbocycles. The Morgan fingerprint density at radius 2 is 1.88 bits per heavy atom. The molecule has 0 fully saturated rings. The van der Waals surface area contributed by atoms with Gasteiger partial charge < -0.3 is 9.73 Å². The first-order valence-electron chi connectivity index (χ1n) is 7.72. The topological polar surface area (TPSA) is 83.7 Å². The van der Waals surface area contributed by atoms with Crippen molar-refractivity contribution >= 4 is 17.5 Å². The van der Waals surface area contributed by atoms with E-state index in [9.17, 15) is 9.59 Å². The number of hydrogen-bond donors (Lipinski definition) is 2. The van der Waals surface area contributed by atoms with E-state index in [0.29, 0.717) is 11.6 Å². The van der Waals surface area contributed by atoms with Gasteiger partial charge in [-0.15, -0.1) is 0 Å². The molecule has 2 amide bonds. The first-order chi connectivity index (χ1) is 11.5. The molecular weight excluding hydrogens is 306 g/mol. The van der Waals surface area contributed by atoms with Crippen LogP contribution in [0, 0.1) is 0 Å². The maximum atomic E-state index is 11.7. The van der Waals surface area contributed by atoms with Gasteiger partial charge in [0, 0.05) is 0 Å². The van der Waals surface area contributed by atoms with E-state index in [4.69, 9.17) is 4.42 Å². The summed E-state index contributed by atoms with van der Waals surface area (Å²) in [5.41, 5.74) is 5.29. The first-order valence-corrected chi connectivity index (χ1v) is 7.72. The molecule has 6 nitrogen and oxygen atoms in total. The van der Waals surface area contributed by atoms with Crippen LogP contribution in [0.5, 0.6) is 0 Å². The molecule has 0 radical (unpaired) electrons. The molecule has 0 atom stereocenters. The molecule has 0 saturated heterocycles. The predicted octanol–water partition coefficient (Wildman–Crippen LogP) is 2.67. The van der Waals surface area contributed by atoms with E-state index in [2.05, 4.69) is 29.7 Å². The summed E-state index contributed by atoms with van der Waals surface area (Å²) < 4.78 is 4.94. The Morgan fingerprint density at radius 1 is 1.17 bits per heavy atom. The lowest BCUT2D eigenvalue weighted by Gasteiger charge is -2.07. The Bertz CT molecular complexity index is 716. The number of nitrogens with one attached hydrogen (secondary N) is 2. The molecule has 24 heavy (non-hydrogen) atoms. The van der Waals surface area contributed by atoms with Crippen molar-refractivity contribution in [2.75, 3.05) is 6.54 Å². The van der Waals surface area contributed by atoms with Gasteiger partial charge in [-0.05, 0) is 36.1 Å². The van der Waals surface area contributed by atoms with Gasteiger partial charge in [0.25, 0.3) is 11.8 Å². The smallest absolute Gasteiger partial charge is 0.287 e. The summed E-state index contributed by atoms with van der Waals surface area (Å²) in [5.74, 6) is -0.227. The number of benzene rings is 1. The standard InChI is InChI=1S/C18H21N3O3/c1-12(2)14-6-8-15(9-7-14)13(3)20-21-17(22)11-19-18(23)16-5-4-10-24-16/h4-10,12H,11H2,1-3H3,(H,19,23)(H,21,22). The van der Waals surface area contributed by atoms with Gasteiger partial charge in [-0.2, -0.15) is 5.10 Å². The highest BCUT2D eigenvalue weighted by Crippen LogP contribution is 2.14. The second kappa shape index (κ2) is 8.10. The lowest BCUT2D eigenvalue weighted by Crippen LogP contribution is -2.35. The number of furan rings is 1. The number of rotatable bonds is 6. The summed E-state index contributed by atoms with van der Waals surface area (Å²) >= 11 is 0.